The van der Waals surface area contributed by atoms with Gasteiger partial charge < -0.3 is 10.2 Å². The van der Waals surface area contributed by atoms with Gasteiger partial charge in [-0.25, -0.2) is 4.39 Å². The zero-order chi connectivity index (χ0) is 32.8. The first kappa shape index (κ1) is 31.6. The normalized spacial score (nSPS) is 20.8. The molecule has 2 aliphatic heterocycles. The second-order valence-corrected chi connectivity index (χ2v) is 12.9. The van der Waals surface area contributed by atoms with E-state index in [4.69, 9.17) is 5.41 Å². The number of fused-ring (bicyclic) bond motifs is 1. The van der Waals surface area contributed by atoms with Crippen LogP contribution in [-0.4, -0.2) is 37.5 Å². The highest BCUT2D eigenvalue weighted by atomic mass is 19.4. The SMILES string of the molecule is CC(C)CC[C@]1(c2ccc(F)cc2)NC(=N)N(C(c2ccc(C(F)(F)F)c(C(=O)N3Cc4nccnc4C3)c2)C2CCCC2)C1=O. The minimum absolute atomic E-state index is 0.0325. The first-order valence-corrected chi connectivity index (χ1v) is 15.6. The van der Waals surface area contributed by atoms with E-state index in [0.717, 1.165) is 18.9 Å². The van der Waals surface area contributed by atoms with Crippen LogP contribution in [0.4, 0.5) is 17.6 Å². The van der Waals surface area contributed by atoms with Gasteiger partial charge in [0.25, 0.3) is 11.8 Å². The van der Waals surface area contributed by atoms with Gasteiger partial charge in [-0.15, -0.1) is 0 Å². The highest BCUT2D eigenvalue weighted by molar-refractivity contribution is 6.08. The zero-order valence-electron chi connectivity index (χ0n) is 25.7. The molecule has 3 heterocycles. The minimum Gasteiger partial charge on any atom is -0.338 e. The molecule has 1 aliphatic carbocycles. The third-order valence-corrected chi connectivity index (χ3v) is 9.46. The predicted octanol–water partition coefficient (Wildman–Crippen LogP) is 6.72. The monoisotopic (exact) mass is 636 g/mol. The van der Waals surface area contributed by atoms with Crippen LogP contribution < -0.4 is 5.32 Å². The van der Waals surface area contributed by atoms with Crippen LogP contribution in [0.2, 0.25) is 0 Å². The van der Waals surface area contributed by atoms with Crippen molar-refractivity contribution in [3.05, 3.63) is 94.3 Å². The van der Waals surface area contributed by atoms with E-state index in [1.165, 1.54) is 58.6 Å². The summed E-state index contributed by atoms with van der Waals surface area (Å²) >= 11 is 0. The summed E-state index contributed by atoms with van der Waals surface area (Å²) in [6.45, 7) is 4.11. The molecule has 0 spiro atoms. The molecule has 2 aromatic carbocycles. The van der Waals surface area contributed by atoms with Crippen LogP contribution in [0, 0.1) is 23.1 Å². The zero-order valence-corrected chi connectivity index (χ0v) is 25.7. The van der Waals surface area contributed by atoms with Gasteiger partial charge in [0.15, 0.2) is 5.96 Å². The van der Waals surface area contributed by atoms with Gasteiger partial charge in [-0.3, -0.25) is 29.9 Å². The van der Waals surface area contributed by atoms with Gasteiger partial charge in [0, 0.05) is 12.4 Å². The lowest BCUT2D eigenvalue weighted by molar-refractivity contribution is -0.138. The second kappa shape index (κ2) is 12.1. The number of benzene rings is 2. The molecule has 2 N–H and O–H groups in total. The molecule has 0 bridgehead atoms. The highest BCUT2D eigenvalue weighted by Gasteiger charge is 2.54. The summed E-state index contributed by atoms with van der Waals surface area (Å²) in [4.78, 5) is 39.5. The molecule has 0 radical (unpaired) electrons. The van der Waals surface area contributed by atoms with E-state index >= 15 is 0 Å². The summed E-state index contributed by atoms with van der Waals surface area (Å²) in [6, 6.07) is 8.33. The summed E-state index contributed by atoms with van der Waals surface area (Å²) in [5.74, 6) is -1.77. The number of carbonyl (C=O) groups is 2. The fraction of sp³-hybridized carbons (Fsp3) is 0.441. The van der Waals surface area contributed by atoms with E-state index in [1.54, 1.807) is 0 Å². The molecule has 2 fully saturated rings. The molecule has 1 aromatic heterocycles. The number of nitrogens with one attached hydrogen (secondary N) is 2. The fourth-order valence-electron chi connectivity index (χ4n) is 7.10. The van der Waals surface area contributed by atoms with Crippen molar-refractivity contribution in [3.63, 3.8) is 0 Å². The molecule has 46 heavy (non-hydrogen) atoms. The van der Waals surface area contributed by atoms with E-state index in [1.807, 2.05) is 13.8 Å². The van der Waals surface area contributed by atoms with E-state index in [9.17, 15) is 27.2 Å². The lowest BCUT2D eigenvalue weighted by Crippen LogP contribution is -2.45. The van der Waals surface area contributed by atoms with Crippen LogP contribution in [-0.2, 0) is 29.6 Å². The van der Waals surface area contributed by atoms with Crippen molar-refractivity contribution >= 4 is 17.8 Å². The topological polar surface area (TPSA) is 102 Å². The number of halogens is 4. The molecule has 6 rings (SSSR count). The number of nitrogens with zero attached hydrogens (tertiary/aromatic N) is 4. The number of hydrogen-bond acceptors (Lipinski definition) is 5. The third kappa shape index (κ3) is 5.73. The Morgan fingerprint density at radius 3 is 2.26 bits per heavy atom. The fourth-order valence-corrected chi connectivity index (χ4v) is 7.10. The van der Waals surface area contributed by atoms with E-state index < -0.39 is 46.5 Å². The predicted molar refractivity (Wildman–Crippen MR) is 162 cm³/mol. The Bertz CT molecular complexity index is 1630. The Kier molecular flexibility index (Phi) is 8.32. The van der Waals surface area contributed by atoms with Crippen molar-refractivity contribution in [2.75, 3.05) is 0 Å². The van der Waals surface area contributed by atoms with Crippen LogP contribution in [0.1, 0.15) is 96.9 Å². The smallest absolute Gasteiger partial charge is 0.338 e. The summed E-state index contributed by atoms with van der Waals surface area (Å²) in [5, 5.41) is 12.2. The number of amides is 2. The quantitative estimate of drug-likeness (QED) is 0.268. The van der Waals surface area contributed by atoms with Crippen LogP contribution >= 0.6 is 0 Å². The van der Waals surface area contributed by atoms with Crippen molar-refractivity contribution in [2.24, 2.45) is 11.8 Å². The number of carbonyl (C=O) groups excluding carboxylic acids is 2. The largest absolute Gasteiger partial charge is 0.417 e. The summed E-state index contributed by atoms with van der Waals surface area (Å²) < 4.78 is 57.0. The molecular weight excluding hydrogens is 600 g/mol. The first-order chi connectivity index (χ1) is 21.9. The number of aromatic nitrogens is 2. The van der Waals surface area contributed by atoms with Crippen molar-refractivity contribution in [1.82, 2.24) is 25.1 Å². The molecule has 2 atom stereocenters. The number of alkyl halides is 3. The van der Waals surface area contributed by atoms with Crippen LogP contribution in [0.3, 0.4) is 0 Å². The molecule has 2 amide bonds. The van der Waals surface area contributed by atoms with E-state index in [-0.39, 0.29) is 30.9 Å². The van der Waals surface area contributed by atoms with Gasteiger partial charge in [-0.1, -0.05) is 44.9 Å². The number of hydrogen-bond donors (Lipinski definition) is 2. The summed E-state index contributed by atoms with van der Waals surface area (Å²) in [7, 11) is 0. The number of rotatable bonds is 8. The Balaban J connectivity index is 1.43. The van der Waals surface area contributed by atoms with Crippen molar-refractivity contribution in [2.45, 2.75) is 83.2 Å². The molecule has 1 saturated heterocycles. The van der Waals surface area contributed by atoms with Gasteiger partial charge in [0.05, 0.1) is 41.6 Å². The standard InChI is InChI=1S/C34H36F4N6O2/c1-20(2)13-14-33(23-8-10-24(35)11-9-23)31(46)44(32(39)42-33)29(21-5-3-4-6-21)22-7-12-26(34(36,37)38)25(17-22)30(45)43-18-27-28(19-43)41-16-15-40-27/h7-12,15-17,20-21,29H,3-6,13-14,18-19H2,1-2H3,(H2,39,42)/t29?,33-/m1/s1. The van der Waals surface area contributed by atoms with Gasteiger partial charge in [-0.05, 0) is 72.9 Å². The maximum Gasteiger partial charge on any atom is 0.417 e. The maximum absolute atomic E-state index is 14.6. The van der Waals surface area contributed by atoms with Crippen LogP contribution in [0.15, 0.2) is 54.9 Å². The van der Waals surface area contributed by atoms with E-state index in [0.29, 0.717) is 48.2 Å². The lowest BCUT2D eigenvalue weighted by atomic mass is 9.82. The maximum atomic E-state index is 14.6. The van der Waals surface area contributed by atoms with E-state index in [2.05, 4.69) is 15.3 Å². The molecule has 3 aliphatic rings. The number of guanidine groups is 1. The molecule has 242 valence electrons. The Morgan fingerprint density at radius 2 is 1.67 bits per heavy atom. The molecule has 3 aromatic rings. The highest BCUT2D eigenvalue weighted by Crippen LogP contribution is 2.46. The Hall–Kier alpha value is -4.35. The first-order valence-electron chi connectivity index (χ1n) is 15.6. The van der Waals surface area contributed by atoms with Gasteiger partial charge in [0.2, 0.25) is 0 Å². The van der Waals surface area contributed by atoms with Crippen molar-refractivity contribution < 1.29 is 27.2 Å². The molecule has 8 nitrogen and oxygen atoms in total. The summed E-state index contributed by atoms with van der Waals surface area (Å²) in [6.07, 6.45) is 2.28. The van der Waals surface area contributed by atoms with Gasteiger partial charge >= 0.3 is 6.18 Å². The molecule has 1 saturated carbocycles. The minimum atomic E-state index is -4.80. The third-order valence-electron chi connectivity index (χ3n) is 9.46. The van der Waals surface area contributed by atoms with Crippen molar-refractivity contribution in [1.29, 1.82) is 5.41 Å². The molecule has 1 unspecified atom stereocenters. The van der Waals surface area contributed by atoms with Crippen LogP contribution in [0.25, 0.3) is 0 Å². The molecular formula is C34H36F4N6O2. The van der Waals surface area contributed by atoms with Crippen molar-refractivity contribution in [3.8, 4) is 0 Å². The average molecular weight is 637 g/mol. The Morgan fingerprint density at radius 1 is 1.04 bits per heavy atom. The average Bonchev–Trinajstić information content (AvgIpc) is 3.76. The summed E-state index contributed by atoms with van der Waals surface area (Å²) in [5.41, 5.74) is -1.00. The lowest BCUT2D eigenvalue weighted by Gasteiger charge is -2.34. The Labute approximate surface area is 264 Å². The van der Waals surface area contributed by atoms with Gasteiger partial charge in [-0.2, -0.15) is 13.2 Å². The molecule has 12 heteroatoms. The van der Waals surface area contributed by atoms with Gasteiger partial charge in [0.1, 0.15) is 11.4 Å². The second-order valence-electron chi connectivity index (χ2n) is 12.9. The van der Waals surface area contributed by atoms with Crippen LogP contribution in [0.5, 0.6) is 0 Å².